The minimum Gasteiger partial charge on any atom is -0.494 e. The van der Waals surface area contributed by atoms with Gasteiger partial charge >= 0.3 is 0 Å². The van der Waals surface area contributed by atoms with Gasteiger partial charge in [-0.05, 0) is 30.7 Å². The average molecular weight is 427 g/mol. The van der Waals surface area contributed by atoms with Crippen LogP contribution in [0, 0.1) is 12.3 Å². The predicted octanol–water partition coefficient (Wildman–Crippen LogP) is 2.68. The molecule has 0 aliphatic carbocycles. The number of anilines is 2. The maximum Gasteiger partial charge on any atom is 0.229 e. The average Bonchev–Trinajstić information content (AvgIpc) is 2.67. The minimum atomic E-state index is -3.58. The molecule has 3 rings (SSSR count). The Balaban J connectivity index is 2.36. The zero-order valence-electron chi connectivity index (χ0n) is 16.6. The zero-order valence-corrected chi connectivity index (χ0v) is 17.4. The first-order chi connectivity index (χ1) is 14.2. The van der Waals surface area contributed by atoms with Gasteiger partial charge in [0.05, 0.1) is 35.8 Å². The van der Waals surface area contributed by atoms with Crippen LogP contribution in [-0.2, 0) is 14.8 Å². The van der Waals surface area contributed by atoms with Crippen LogP contribution >= 0.6 is 0 Å². The number of nitrogens with zero attached hydrogens (tertiary/aromatic N) is 1. The Bertz CT molecular complexity index is 1240. The second kappa shape index (κ2) is 8.37. The van der Waals surface area contributed by atoms with E-state index in [0.717, 1.165) is 17.4 Å². The second-order valence-electron chi connectivity index (χ2n) is 6.55. The summed E-state index contributed by atoms with van der Waals surface area (Å²) in [5, 5.41) is 13.4. The first-order valence-electron chi connectivity index (χ1n) is 8.85. The summed E-state index contributed by atoms with van der Waals surface area (Å²) in [6, 6.07) is 12.5. The number of sulfonamides is 1. The SMILES string of the molecule is COc1ccc(NS(C)(=O)=O)c2c(NC(=N)NC=O)cc(-c3ccccc3C)nc12. The number of aromatic nitrogens is 1. The molecule has 0 saturated heterocycles. The third-order valence-electron chi connectivity index (χ3n) is 4.32. The van der Waals surface area contributed by atoms with Crippen LogP contribution in [0.2, 0.25) is 0 Å². The highest BCUT2D eigenvalue weighted by Gasteiger charge is 2.18. The molecule has 156 valence electrons. The lowest BCUT2D eigenvalue weighted by molar-refractivity contribution is -0.108. The van der Waals surface area contributed by atoms with E-state index in [1.165, 1.54) is 7.11 Å². The molecule has 0 bridgehead atoms. The third kappa shape index (κ3) is 4.49. The minimum absolute atomic E-state index is 0.263. The molecule has 0 saturated carbocycles. The topological polar surface area (TPSA) is 133 Å². The Morgan fingerprint density at radius 2 is 1.90 bits per heavy atom. The molecule has 3 aromatic rings. The first-order valence-corrected chi connectivity index (χ1v) is 10.7. The Kier molecular flexibility index (Phi) is 5.88. The van der Waals surface area contributed by atoms with E-state index in [1.807, 2.05) is 31.2 Å². The summed E-state index contributed by atoms with van der Waals surface area (Å²) < 4.78 is 31.7. The molecule has 0 aliphatic rings. The number of hydrogen-bond donors (Lipinski definition) is 4. The number of carbonyl (C=O) groups is 1. The van der Waals surface area contributed by atoms with Crippen LogP contribution < -0.4 is 20.1 Å². The van der Waals surface area contributed by atoms with Crippen molar-refractivity contribution in [2.75, 3.05) is 23.4 Å². The number of aryl methyl sites for hydroxylation is 1. The van der Waals surface area contributed by atoms with Gasteiger partial charge in [-0.15, -0.1) is 0 Å². The van der Waals surface area contributed by atoms with Crippen LogP contribution in [0.25, 0.3) is 22.2 Å². The van der Waals surface area contributed by atoms with E-state index >= 15 is 0 Å². The number of rotatable bonds is 6. The molecule has 10 heteroatoms. The molecule has 0 radical (unpaired) electrons. The highest BCUT2D eigenvalue weighted by molar-refractivity contribution is 7.92. The molecule has 0 unspecified atom stereocenters. The fourth-order valence-corrected chi connectivity index (χ4v) is 3.66. The molecule has 1 heterocycles. The summed E-state index contributed by atoms with van der Waals surface area (Å²) in [5.41, 5.74) is 3.48. The summed E-state index contributed by atoms with van der Waals surface area (Å²) in [5.74, 6) is 0.152. The van der Waals surface area contributed by atoms with Gasteiger partial charge in [-0.2, -0.15) is 0 Å². The fourth-order valence-electron chi connectivity index (χ4n) is 3.09. The van der Waals surface area contributed by atoms with Gasteiger partial charge in [0.1, 0.15) is 11.3 Å². The van der Waals surface area contributed by atoms with E-state index in [4.69, 9.17) is 15.1 Å². The van der Waals surface area contributed by atoms with Crippen molar-refractivity contribution < 1.29 is 17.9 Å². The normalized spacial score (nSPS) is 11.0. The van der Waals surface area contributed by atoms with Gasteiger partial charge in [0.25, 0.3) is 0 Å². The molecule has 0 aliphatic heterocycles. The van der Waals surface area contributed by atoms with Gasteiger partial charge in [0, 0.05) is 5.56 Å². The number of nitrogens with one attached hydrogen (secondary N) is 4. The van der Waals surface area contributed by atoms with Crippen molar-refractivity contribution in [3.05, 3.63) is 48.0 Å². The summed E-state index contributed by atoms with van der Waals surface area (Å²) in [7, 11) is -2.09. The van der Waals surface area contributed by atoms with Gasteiger partial charge in [-0.3, -0.25) is 20.2 Å². The van der Waals surface area contributed by atoms with Gasteiger partial charge in [0.2, 0.25) is 16.4 Å². The molecular formula is C20H21N5O4S. The van der Waals surface area contributed by atoms with Crippen molar-refractivity contribution in [3.8, 4) is 17.0 Å². The highest BCUT2D eigenvalue weighted by atomic mass is 32.2. The number of methoxy groups -OCH3 is 1. The summed E-state index contributed by atoms with van der Waals surface area (Å²) in [6.07, 6.45) is 1.42. The van der Waals surface area contributed by atoms with Crippen LogP contribution in [0.5, 0.6) is 5.75 Å². The summed E-state index contributed by atoms with van der Waals surface area (Å²) in [4.78, 5) is 15.5. The predicted molar refractivity (Wildman–Crippen MR) is 117 cm³/mol. The molecule has 9 nitrogen and oxygen atoms in total. The molecule has 0 spiro atoms. The van der Waals surface area contributed by atoms with Crippen molar-refractivity contribution in [1.82, 2.24) is 10.3 Å². The van der Waals surface area contributed by atoms with E-state index in [9.17, 15) is 13.2 Å². The number of ether oxygens (including phenoxy) is 1. The third-order valence-corrected chi connectivity index (χ3v) is 4.91. The largest absolute Gasteiger partial charge is 0.494 e. The van der Waals surface area contributed by atoms with Crippen LogP contribution in [0.1, 0.15) is 5.56 Å². The van der Waals surface area contributed by atoms with E-state index in [-0.39, 0.29) is 11.6 Å². The molecule has 4 N–H and O–H groups in total. The number of amides is 1. The lowest BCUT2D eigenvalue weighted by Gasteiger charge is -2.18. The van der Waals surface area contributed by atoms with Crippen molar-refractivity contribution >= 4 is 44.7 Å². The van der Waals surface area contributed by atoms with Crippen molar-refractivity contribution in [2.45, 2.75) is 6.92 Å². The second-order valence-corrected chi connectivity index (χ2v) is 8.29. The number of hydrogen-bond acceptors (Lipinski definition) is 6. The lowest BCUT2D eigenvalue weighted by Crippen LogP contribution is -2.28. The van der Waals surface area contributed by atoms with E-state index in [1.54, 1.807) is 18.2 Å². The Hall–Kier alpha value is -3.66. The Morgan fingerprint density at radius 3 is 2.53 bits per heavy atom. The Labute approximate surface area is 174 Å². The lowest BCUT2D eigenvalue weighted by atomic mass is 10.0. The highest BCUT2D eigenvalue weighted by Crippen LogP contribution is 2.39. The molecule has 0 fully saturated rings. The van der Waals surface area contributed by atoms with Crippen LogP contribution in [0.15, 0.2) is 42.5 Å². The fraction of sp³-hybridized carbons (Fsp3) is 0.150. The maximum absolute atomic E-state index is 11.9. The van der Waals surface area contributed by atoms with E-state index < -0.39 is 10.0 Å². The van der Waals surface area contributed by atoms with Crippen molar-refractivity contribution in [3.63, 3.8) is 0 Å². The number of guanidine groups is 1. The maximum atomic E-state index is 11.9. The zero-order chi connectivity index (χ0) is 21.9. The van der Waals surface area contributed by atoms with E-state index in [0.29, 0.717) is 34.4 Å². The molecular weight excluding hydrogens is 406 g/mol. The molecule has 2 aromatic carbocycles. The molecule has 30 heavy (non-hydrogen) atoms. The number of pyridine rings is 1. The number of benzene rings is 2. The van der Waals surface area contributed by atoms with Gasteiger partial charge in [-0.1, -0.05) is 24.3 Å². The Morgan fingerprint density at radius 1 is 1.17 bits per heavy atom. The number of fused-ring (bicyclic) bond motifs is 1. The van der Waals surface area contributed by atoms with Gasteiger partial charge in [-0.25, -0.2) is 13.4 Å². The van der Waals surface area contributed by atoms with Crippen molar-refractivity contribution in [1.29, 1.82) is 5.41 Å². The quantitative estimate of drug-likeness (QED) is 0.272. The van der Waals surface area contributed by atoms with Crippen LogP contribution in [0.4, 0.5) is 11.4 Å². The molecule has 0 atom stereocenters. The smallest absolute Gasteiger partial charge is 0.229 e. The standard InChI is InChI=1S/C20H21N5O4S/c1-12-6-4-5-7-13(12)15-10-16(24-20(21)22-11-26)18-14(25-30(3,27)28)8-9-17(29-2)19(18)23-15/h4-11,25H,1-3H3,(H3,21,22,23,24,26). The van der Waals surface area contributed by atoms with Crippen LogP contribution in [0.3, 0.4) is 0 Å². The van der Waals surface area contributed by atoms with Gasteiger partial charge in [0.15, 0.2) is 5.96 Å². The molecule has 1 aromatic heterocycles. The first kappa shape index (κ1) is 21.1. The monoisotopic (exact) mass is 427 g/mol. The van der Waals surface area contributed by atoms with E-state index in [2.05, 4.69) is 15.4 Å². The van der Waals surface area contributed by atoms with Crippen molar-refractivity contribution in [2.24, 2.45) is 0 Å². The van der Waals surface area contributed by atoms with Gasteiger partial charge < -0.3 is 10.1 Å². The molecule has 1 amide bonds. The number of carbonyl (C=O) groups excluding carboxylic acids is 1. The van der Waals surface area contributed by atoms with Crippen LogP contribution in [-0.4, -0.2) is 39.1 Å². The summed E-state index contributed by atoms with van der Waals surface area (Å²) in [6.45, 7) is 1.95. The summed E-state index contributed by atoms with van der Waals surface area (Å²) >= 11 is 0.